The molecule has 1 aliphatic rings. The number of nitrogens with one attached hydrogen (secondary N) is 1. The van der Waals surface area contributed by atoms with Gasteiger partial charge in [-0.3, -0.25) is 4.79 Å². The summed E-state index contributed by atoms with van der Waals surface area (Å²) in [5, 5.41) is 2.97. The van der Waals surface area contributed by atoms with Crippen LogP contribution in [0.5, 0.6) is 0 Å². The van der Waals surface area contributed by atoms with Crippen LogP contribution in [0.4, 0.5) is 0 Å². The van der Waals surface area contributed by atoms with Gasteiger partial charge in [-0.25, -0.2) is 0 Å². The molecule has 12 heavy (non-hydrogen) atoms. The Morgan fingerprint density at radius 2 is 2.25 bits per heavy atom. The van der Waals surface area contributed by atoms with Crippen molar-refractivity contribution in [1.29, 1.82) is 0 Å². The lowest BCUT2D eigenvalue weighted by Crippen LogP contribution is -2.46. The van der Waals surface area contributed by atoms with Crippen molar-refractivity contribution in [2.45, 2.75) is 19.9 Å². The Morgan fingerprint density at radius 3 is 2.67 bits per heavy atom. The molecule has 0 saturated carbocycles. The second kappa shape index (κ2) is 7.06. The second-order valence-electron chi connectivity index (χ2n) is 2.10. The highest BCUT2D eigenvalue weighted by Gasteiger charge is 2.20. The lowest BCUT2D eigenvalue weighted by molar-refractivity contribution is -0.146. The summed E-state index contributed by atoms with van der Waals surface area (Å²) >= 11 is 0. The van der Waals surface area contributed by atoms with Gasteiger partial charge in [-0.1, -0.05) is 13.8 Å². The third-order valence-corrected chi connectivity index (χ3v) is 1.41. The van der Waals surface area contributed by atoms with E-state index in [2.05, 4.69) is 10.1 Å². The average Bonchev–Trinajstić information content (AvgIpc) is 2.21. The van der Waals surface area contributed by atoms with Gasteiger partial charge >= 0.3 is 5.97 Å². The number of esters is 1. The molecule has 0 aromatic carbocycles. The lowest BCUT2D eigenvalue weighted by atomic mass is 10.3. The predicted octanol–water partition coefficient (Wildman–Crippen LogP) is 0.174. The first-order valence-corrected chi connectivity index (χ1v) is 4.23. The van der Waals surface area contributed by atoms with E-state index in [1.165, 1.54) is 7.11 Å². The molecule has 1 heterocycles. The largest absolute Gasteiger partial charge is 0.468 e. The van der Waals surface area contributed by atoms with E-state index in [9.17, 15) is 4.79 Å². The molecule has 1 saturated heterocycles. The van der Waals surface area contributed by atoms with E-state index in [0.29, 0.717) is 13.2 Å². The summed E-state index contributed by atoms with van der Waals surface area (Å²) in [6.45, 7) is 5.82. The standard InChI is InChI=1S/C6H11NO3.C2H6/c1-9-6(8)5-4-10-3-2-7-5;1-2/h5,7H,2-4H2,1H3;1-2H3. The van der Waals surface area contributed by atoms with Gasteiger partial charge in [0.1, 0.15) is 6.04 Å². The van der Waals surface area contributed by atoms with Crippen LogP contribution in [-0.4, -0.2) is 38.9 Å². The molecule has 1 N–H and O–H groups in total. The third-order valence-electron chi connectivity index (χ3n) is 1.41. The quantitative estimate of drug-likeness (QED) is 0.577. The van der Waals surface area contributed by atoms with Gasteiger partial charge in [0.2, 0.25) is 0 Å². The maximum absolute atomic E-state index is 10.8. The molecule has 0 aromatic rings. The molecule has 0 amide bonds. The molecule has 1 unspecified atom stereocenters. The average molecular weight is 175 g/mol. The van der Waals surface area contributed by atoms with Crippen LogP contribution in [0.25, 0.3) is 0 Å². The Hall–Kier alpha value is -0.610. The summed E-state index contributed by atoms with van der Waals surface area (Å²) in [4.78, 5) is 10.8. The first-order chi connectivity index (χ1) is 5.84. The molecule has 0 aromatic heterocycles. The van der Waals surface area contributed by atoms with Gasteiger partial charge in [0.05, 0.1) is 20.3 Å². The summed E-state index contributed by atoms with van der Waals surface area (Å²) in [6, 6.07) is -0.265. The number of carbonyl (C=O) groups is 1. The van der Waals surface area contributed by atoms with Gasteiger partial charge in [0, 0.05) is 6.54 Å². The van der Waals surface area contributed by atoms with E-state index in [4.69, 9.17) is 4.74 Å². The van der Waals surface area contributed by atoms with E-state index >= 15 is 0 Å². The zero-order chi connectivity index (χ0) is 9.40. The second-order valence-corrected chi connectivity index (χ2v) is 2.10. The number of methoxy groups -OCH3 is 1. The van der Waals surface area contributed by atoms with Crippen molar-refractivity contribution in [2.75, 3.05) is 26.9 Å². The van der Waals surface area contributed by atoms with E-state index in [1.54, 1.807) is 0 Å². The van der Waals surface area contributed by atoms with Crippen LogP contribution in [0.1, 0.15) is 13.8 Å². The minimum absolute atomic E-state index is 0.250. The Kier molecular flexibility index (Phi) is 6.70. The Bertz CT molecular complexity index is 121. The van der Waals surface area contributed by atoms with Crippen LogP contribution in [-0.2, 0) is 14.3 Å². The van der Waals surface area contributed by atoms with Crippen molar-refractivity contribution >= 4 is 5.97 Å². The fourth-order valence-corrected chi connectivity index (χ4v) is 0.859. The van der Waals surface area contributed by atoms with Crippen LogP contribution in [0.2, 0.25) is 0 Å². The Morgan fingerprint density at radius 1 is 1.58 bits per heavy atom. The highest BCUT2D eigenvalue weighted by atomic mass is 16.5. The first-order valence-electron chi connectivity index (χ1n) is 4.23. The number of morpholine rings is 1. The molecule has 1 rings (SSSR count). The maximum atomic E-state index is 10.8. The van der Waals surface area contributed by atoms with Crippen LogP contribution in [0.3, 0.4) is 0 Å². The Labute approximate surface area is 73.2 Å². The molecule has 4 heteroatoms. The fraction of sp³-hybridized carbons (Fsp3) is 0.875. The normalized spacial score (nSPS) is 22.1. The number of ether oxygens (including phenoxy) is 2. The van der Waals surface area contributed by atoms with Gasteiger partial charge < -0.3 is 14.8 Å². The summed E-state index contributed by atoms with van der Waals surface area (Å²) in [5.74, 6) is -0.250. The summed E-state index contributed by atoms with van der Waals surface area (Å²) in [5.41, 5.74) is 0. The van der Waals surface area contributed by atoms with E-state index < -0.39 is 0 Å². The lowest BCUT2D eigenvalue weighted by Gasteiger charge is -2.20. The molecule has 1 fully saturated rings. The minimum atomic E-state index is -0.265. The van der Waals surface area contributed by atoms with Crippen molar-refractivity contribution in [3.8, 4) is 0 Å². The molecule has 0 spiro atoms. The zero-order valence-electron chi connectivity index (χ0n) is 7.92. The molecule has 4 nitrogen and oxygen atoms in total. The number of rotatable bonds is 1. The third kappa shape index (κ3) is 3.69. The summed E-state index contributed by atoms with van der Waals surface area (Å²) < 4.78 is 9.55. The van der Waals surface area contributed by atoms with Gasteiger partial charge in [0.15, 0.2) is 0 Å². The van der Waals surface area contributed by atoms with E-state index in [-0.39, 0.29) is 12.0 Å². The van der Waals surface area contributed by atoms with Crippen molar-refractivity contribution in [2.24, 2.45) is 0 Å². The van der Waals surface area contributed by atoms with Crippen molar-refractivity contribution in [3.05, 3.63) is 0 Å². The number of hydrogen-bond donors (Lipinski definition) is 1. The Balaban J connectivity index is 0.000000561. The number of hydrogen-bond acceptors (Lipinski definition) is 4. The van der Waals surface area contributed by atoms with Crippen molar-refractivity contribution < 1.29 is 14.3 Å². The molecular weight excluding hydrogens is 158 g/mol. The zero-order valence-corrected chi connectivity index (χ0v) is 7.92. The predicted molar refractivity (Wildman–Crippen MR) is 46.0 cm³/mol. The molecule has 1 atom stereocenters. The smallest absolute Gasteiger partial charge is 0.325 e. The molecule has 0 bridgehead atoms. The van der Waals surface area contributed by atoms with Crippen LogP contribution >= 0.6 is 0 Å². The SMILES string of the molecule is CC.COC(=O)C1COCCN1. The summed E-state index contributed by atoms with van der Waals surface area (Å²) in [7, 11) is 1.37. The monoisotopic (exact) mass is 175 g/mol. The molecular formula is C8H17NO3. The maximum Gasteiger partial charge on any atom is 0.325 e. The van der Waals surface area contributed by atoms with E-state index in [1.807, 2.05) is 13.8 Å². The van der Waals surface area contributed by atoms with Crippen molar-refractivity contribution in [3.63, 3.8) is 0 Å². The molecule has 72 valence electrons. The van der Waals surface area contributed by atoms with Crippen LogP contribution in [0, 0.1) is 0 Å². The minimum Gasteiger partial charge on any atom is -0.468 e. The van der Waals surface area contributed by atoms with Crippen LogP contribution in [0.15, 0.2) is 0 Å². The van der Waals surface area contributed by atoms with Gasteiger partial charge in [0.25, 0.3) is 0 Å². The summed E-state index contributed by atoms with van der Waals surface area (Å²) in [6.07, 6.45) is 0. The molecule has 0 radical (unpaired) electrons. The van der Waals surface area contributed by atoms with Crippen molar-refractivity contribution in [1.82, 2.24) is 5.32 Å². The first kappa shape index (κ1) is 11.4. The fourth-order valence-electron chi connectivity index (χ4n) is 0.859. The highest BCUT2D eigenvalue weighted by Crippen LogP contribution is 1.94. The highest BCUT2D eigenvalue weighted by molar-refractivity contribution is 5.75. The molecule has 0 aliphatic carbocycles. The van der Waals surface area contributed by atoms with Gasteiger partial charge in [-0.05, 0) is 0 Å². The van der Waals surface area contributed by atoms with E-state index in [0.717, 1.165) is 6.54 Å². The molecule has 1 aliphatic heterocycles. The topological polar surface area (TPSA) is 47.6 Å². The van der Waals surface area contributed by atoms with Gasteiger partial charge in [-0.15, -0.1) is 0 Å². The van der Waals surface area contributed by atoms with Crippen LogP contribution < -0.4 is 5.32 Å². The number of carbonyl (C=O) groups excluding carboxylic acids is 1. The van der Waals surface area contributed by atoms with Gasteiger partial charge in [-0.2, -0.15) is 0 Å².